The highest BCUT2D eigenvalue weighted by Gasteiger charge is 2.64. The van der Waals surface area contributed by atoms with Gasteiger partial charge in [0.15, 0.2) is 0 Å². The number of carboxylic acid groups (broad SMARTS) is 1. The van der Waals surface area contributed by atoms with Crippen LogP contribution in [0.2, 0.25) is 0 Å². The van der Waals surface area contributed by atoms with Gasteiger partial charge in [0.05, 0.1) is 18.4 Å². The molecule has 5 nitrogen and oxygen atoms in total. The Hall–Kier alpha value is -1.10. The van der Waals surface area contributed by atoms with Gasteiger partial charge in [-0.15, -0.1) is 0 Å². The normalized spacial score (nSPS) is 47.5. The number of carbonyl (C=O) groups is 2. The van der Waals surface area contributed by atoms with E-state index in [1.165, 1.54) is 0 Å². The van der Waals surface area contributed by atoms with Crippen LogP contribution in [0.5, 0.6) is 0 Å². The van der Waals surface area contributed by atoms with Crippen LogP contribution in [0, 0.1) is 11.8 Å². The minimum atomic E-state index is -0.846. The number of rotatable bonds is 1. The Labute approximate surface area is 86.4 Å². The summed E-state index contributed by atoms with van der Waals surface area (Å²) >= 11 is 0. The number of carbonyl (C=O) groups excluding carboxylic acids is 1. The first-order valence-corrected chi connectivity index (χ1v) is 5.19. The van der Waals surface area contributed by atoms with Crippen LogP contribution < -0.4 is 0 Å². The molecule has 0 radical (unpaired) electrons. The molecule has 3 aliphatic heterocycles. The van der Waals surface area contributed by atoms with Crippen molar-refractivity contribution in [3.8, 4) is 0 Å². The van der Waals surface area contributed by atoms with E-state index in [9.17, 15) is 9.59 Å². The average Bonchev–Trinajstić information content (AvgIpc) is 2.70. The maximum absolute atomic E-state index is 11.2. The van der Waals surface area contributed by atoms with Gasteiger partial charge in [-0.25, -0.2) is 0 Å². The van der Waals surface area contributed by atoms with Crippen molar-refractivity contribution in [3.05, 3.63) is 0 Å². The zero-order valence-electron chi connectivity index (χ0n) is 8.14. The Morgan fingerprint density at radius 2 is 2.33 bits per heavy atom. The first kappa shape index (κ1) is 9.15. The van der Waals surface area contributed by atoms with Gasteiger partial charge in [0.25, 0.3) is 0 Å². The van der Waals surface area contributed by atoms with Gasteiger partial charge in [0.1, 0.15) is 12.2 Å². The molecule has 82 valence electrons. The first-order chi connectivity index (χ1) is 7.12. The second-order valence-corrected chi connectivity index (χ2v) is 4.60. The van der Waals surface area contributed by atoms with E-state index in [-0.39, 0.29) is 31.0 Å². The van der Waals surface area contributed by atoms with Gasteiger partial charge < -0.3 is 14.6 Å². The summed E-state index contributed by atoms with van der Waals surface area (Å²) in [6.45, 7) is 0.233. The van der Waals surface area contributed by atoms with Crippen molar-refractivity contribution in [3.63, 3.8) is 0 Å². The molecule has 1 spiro atoms. The molecule has 2 bridgehead atoms. The minimum absolute atomic E-state index is 0.185. The van der Waals surface area contributed by atoms with Crippen LogP contribution in [-0.4, -0.2) is 35.4 Å². The number of ether oxygens (including phenoxy) is 2. The maximum atomic E-state index is 11.2. The van der Waals surface area contributed by atoms with Crippen LogP contribution in [0.3, 0.4) is 0 Å². The largest absolute Gasteiger partial charge is 0.481 e. The Morgan fingerprint density at radius 3 is 3.07 bits per heavy atom. The van der Waals surface area contributed by atoms with Gasteiger partial charge in [0.2, 0.25) is 0 Å². The fraction of sp³-hybridized carbons (Fsp3) is 0.800. The lowest BCUT2D eigenvalue weighted by Crippen LogP contribution is -2.49. The fourth-order valence-electron chi connectivity index (χ4n) is 3.22. The molecule has 1 N–H and O–H groups in total. The fourth-order valence-corrected chi connectivity index (χ4v) is 3.22. The average molecular weight is 212 g/mol. The van der Waals surface area contributed by atoms with Crippen molar-refractivity contribution >= 4 is 11.9 Å². The number of carboxylic acids is 1. The quantitative estimate of drug-likeness (QED) is 0.628. The molecule has 0 aromatic rings. The lowest BCUT2D eigenvalue weighted by molar-refractivity contribution is -0.167. The summed E-state index contributed by atoms with van der Waals surface area (Å²) in [5.41, 5.74) is -0.484. The summed E-state index contributed by atoms with van der Waals surface area (Å²) < 4.78 is 10.7. The van der Waals surface area contributed by atoms with Gasteiger partial charge in [-0.1, -0.05) is 0 Å². The number of esters is 1. The zero-order chi connectivity index (χ0) is 10.6. The number of aliphatic carboxylic acids is 1. The van der Waals surface area contributed by atoms with E-state index < -0.39 is 17.5 Å². The van der Waals surface area contributed by atoms with Crippen LogP contribution in [0.1, 0.15) is 19.3 Å². The van der Waals surface area contributed by atoms with Crippen LogP contribution >= 0.6 is 0 Å². The standard InChI is InChI=1S/C10H12O5/c11-7-3-5-8(9(12)13)6-1-2-10(5,15-6)4-14-7/h5-6,8H,1-4H2,(H,12,13)/t5-,6-,8+,10-/m0/s1. The number of hydrogen-bond acceptors (Lipinski definition) is 4. The van der Waals surface area contributed by atoms with Crippen molar-refractivity contribution in [2.45, 2.75) is 31.0 Å². The predicted octanol–water partition coefficient (Wildman–Crippen LogP) is 0.182. The molecule has 0 amide bonds. The molecule has 3 heterocycles. The highest BCUT2D eigenvalue weighted by molar-refractivity contribution is 5.76. The number of cyclic esters (lactones) is 1. The molecular formula is C10H12O5. The first-order valence-electron chi connectivity index (χ1n) is 5.19. The van der Waals surface area contributed by atoms with E-state index >= 15 is 0 Å². The van der Waals surface area contributed by atoms with E-state index in [0.29, 0.717) is 0 Å². The van der Waals surface area contributed by atoms with E-state index in [4.69, 9.17) is 14.6 Å². The third-order valence-corrected chi connectivity index (χ3v) is 3.90. The third-order valence-electron chi connectivity index (χ3n) is 3.90. The van der Waals surface area contributed by atoms with Crippen molar-refractivity contribution in [2.75, 3.05) is 6.61 Å². The molecule has 0 aromatic carbocycles. The molecule has 15 heavy (non-hydrogen) atoms. The molecule has 3 fully saturated rings. The lowest BCUT2D eigenvalue weighted by atomic mass is 9.69. The Bertz CT molecular complexity index is 339. The summed E-state index contributed by atoms with van der Waals surface area (Å²) in [4.78, 5) is 22.3. The van der Waals surface area contributed by atoms with Crippen LogP contribution in [0.4, 0.5) is 0 Å². The molecule has 0 aromatic heterocycles. The molecule has 0 aliphatic carbocycles. The highest BCUT2D eigenvalue weighted by atomic mass is 16.6. The SMILES string of the molecule is O=C1C[C@H]2[C@@H](C(=O)O)[C@@H]3CC[C@@]2(CO1)O3. The van der Waals surface area contributed by atoms with E-state index in [1.54, 1.807) is 0 Å². The molecular weight excluding hydrogens is 200 g/mol. The van der Waals surface area contributed by atoms with Crippen LogP contribution in [-0.2, 0) is 19.1 Å². The van der Waals surface area contributed by atoms with Crippen molar-refractivity contribution in [2.24, 2.45) is 11.8 Å². The topological polar surface area (TPSA) is 72.8 Å². The summed E-state index contributed by atoms with van der Waals surface area (Å²) in [6, 6.07) is 0. The Morgan fingerprint density at radius 1 is 1.53 bits per heavy atom. The summed E-state index contributed by atoms with van der Waals surface area (Å²) in [6.07, 6.45) is 1.56. The monoisotopic (exact) mass is 212 g/mol. The molecule has 3 saturated heterocycles. The van der Waals surface area contributed by atoms with Crippen LogP contribution in [0.25, 0.3) is 0 Å². The maximum Gasteiger partial charge on any atom is 0.309 e. The van der Waals surface area contributed by atoms with Gasteiger partial charge in [-0.3, -0.25) is 9.59 Å². The van der Waals surface area contributed by atoms with Gasteiger partial charge in [0, 0.05) is 5.92 Å². The second kappa shape index (κ2) is 2.72. The van der Waals surface area contributed by atoms with Crippen molar-refractivity contribution < 1.29 is 24.2 Å². The van der Waals surface area contributed by atoms with Crippen molar-refractivity contribution in [1.82, 2.24) is 0 Å². The van der Waals surface area contributed by atoms with Crippen molar-refractivity contribution in [1.29, 1.82) is 0 Å². The minimum Gasteiger partial charge on any atom is -0.481 e. The number of fused-ring (bicyclic) bond motifs is 1. The van der Waals surface area contributed by atoms with Gasteiger partial charge in [-0.2, -0.15) is 0 Å². The van der Waals surface area contributed by atoms with E-state index in [2.05, 4.69) is 0 Å². The highest BCUT2D eigenvalue weighted by Crippen LogP contribution is 2.54. The Balaban J connectivity index is 1.95. The van der Waals surface area contributed by atoms with E-state index in [0.717, 1.165) is 12.8 Å². The molecule has 4 atom stereocenters. The predicted molar refractivity (Wildman–Crippen MR) is 47.0 cm³/mol. The molecule has 5 heteroatoms. The third kappa shape index (κ3) is 1.07. The van der Waals surface area contributed by atoms with E-state index in [1.807, 2.05) is 0 Å². The number of hydrogen-bond donors (Lipinski definition) is 1. The smallest absolute Gasteiger partial charge is 0.309 e. The molecule has 3 rings (SSSR count). The molecule has 3 aliphatic rings. The zero-order valence-corrected chi connectivity index (χ0v) is 8.14. The summed E-state index contributed by atoms with van der Waals surface area (Å²) in [5, 5.41) is 9.13. The second-order valence-electron chi connectivity index (χ2n) is 4.60. The molecule has 0 unspecified atom stereocenters. The Kier molecular flexibility index (Phi) is 1.66. The van der Waals surface area contributed by atoms with Gasteiger partial charge >= 0.3 is 11.9 Å². The van der Waals surface area contributed by atoms with Crippen LogP contribution in [0.15, 0.2) is 0 Å². The van der Waals surface area contributed by atoms with Gasteiger partial charge in [-0.05, 0) is 12.8 Å². The molecule has 0 saturated carbocycles. The lowest BCUT2D eigenvalue weighted by Gasteiger charge is -2.37. The summed E-state index contributed by atoms with van der Waals surface area (Å²) in [7, 11) is 0. The summed E-state index contributed by atoms with van der Waals surface area (Å²) in [5.74, 6) is -1.85.